The minimum absolute atomic E-state index is 0.0460. The first kappa shape index (κ1) is 11.7. The number of hydrogen-bond donors (Lipinski definition) is 2. The van der Waals surface area contributed by atoms with Crippen molar-refractivity contribution in [2.45, 2.75) is 38.6 Å². The average Bonchev–Trinajstić information content (AvgIpc) is 3.12. The van der Waals surface area contributed by atoms with Gasteiger partial charge in [0.2, 0.25) is 0 Å². The Bertz CT molecular complexity index is 656. The first-order chi connectivity index (χ1) is 9.83. The number of H-pyrrole nitrogens is 2. The molecule has 0 unspecified atom stereocenters. The lowest BCUT2D eigenvalue weighted by Gasteiger charge is -2.26. The summed E-state index contributed by atoms with van der Waals surface area (Å²) in [6.45, 7) is 1.33. The Morgan fingerprint density at radius 1 is 1.20 bits per heavy atom. The van der Waals surface area contributed by atoms with Crippen molar-refractivity contribution in [1.82, 2.24) is 25.1 Å². The van der Waals surface area contributed by atoms with E-state index in [-0.39, 0.29) is 5.91 Å². The number of carbonyl (C=O) groups is 1. The number of hydrogen-bond acceptors (Lipinski definition) is 3. The van der Waals surface area contributed by atoms with Gasteiger partial charge in [-0.3, -0.25) is 9.89 Å². The molecule has 2 aromatic rings. The fourth-order valence-corrected chi connectivity index (χ4v) is 3.19. The summed E-state index contributed by atoms with van der Waals surface area (Å²) in [7, 11) is 0. The largest absolute Gasteiger partial charge is 0.347 e. The molecule has 2 aliphatic rings. The van der Waals surface area contributed by atoms with E-state index in [1.165, 1.54) is 6.42 Å². The average molecular weight is 271 g/mol. The SMILES string of the molecule is O=C(c1n[nH]c2c1CCCC2)N1CCc2nc[nH]c2C1. The number of carbonyl (C=O) groups excluding carboxylic acids is 1. The number of rotatable bonds is 1. The minimum Gasteiger partial charge on any atom is -0.347 e. The summed E-state index contributed by atoms with van der Waals surface area (Å²) in [5, 5.41) is 7.32. The maximum absolute atomic E-state index is 12.7. The van der Waals surface area contributed by atoms with E-state index in [2.05, 4.69) is 20.2 Å². The lowest BCUT2D eigenvalue weighted by Crippen LogP contribution is -2.36. The van der Waals surface area contributed by atoms with Crippen LogP contribution in [0.4, 0.5) is 0 Å². The lowest BCUT2D eigenvalue weighted by molar-refractivity contribution is 0.0724. The van der Waals surface area contributed by atoms with Crippen LogP contribution in [0.3, 0.4) is 0 Å². The van der Waals surface area contributed by atoms with Crippen LogP contribution in [0.2, 0.25) is 0 Å². The quantitative estimate of drug-likeness (QED) is 0.818. The third-order valence-corrected chi connectivity index (χ3v) is 4.32. The van der Waals surface area contributed by atoms with Gasteiger partial charge in [-0.2, -0.15) is 5.10 Å². The topological polar surface area (TPSA) is 77.7 Å². The predicted octanol–water partition coefficient (Wildman–Crippen LogP) is 1.21. The monoisotopic (exact) mass is 271 g/mol. The third-order valence-electron chi connectivity index (χ3n) is 4.32. The first-order valence-corrected chi connectivity index (χ1v) is 7.19. The zero-order valence-electron chi connectivity index (χ0n) is 11.3. The van der Waals surface area contributed by atoms with Gasteiger partial charge in [0, 0.05) is 24.2 Å². The normalized spacial score (nSPS) is 17.7. The zero-order chi connectivity index (χ0) is 13.5. The third kappa shape index (κ3) is 1.75. The van der Waals surface area contributed by atoms with Crippen LogP contribution in [0.25, 0.3) is 0 Å². The van der Waals surface area contributed by atoms with Crippen LogP contribution in [0, 0.1) is 0 Å². The number of imidazole rings is 1. The van der Waals surface area contributed by atoms with Crippen molar-refractivity contribution in [3.8, 4) is 0 Å². The van der Waals surface area contributed by atoms with Crippen LogP contribution < -0.4 is 0 Å². The van der Waals surface area contributed by atoms with Crippen molar-refractivity contribution < 1.29 is 4.79 Å². The summed E-state index contributed by atoms with van der Waals surface area (Å²) in [4.78, 5) is 21.9. The first-order valence-electron chi connectivity index (χ1n) is 7.19. The molecule has 0 atom stereocenters. The van der Waals surface area contributed by atoms with Crippen molar-refractivity contribution in [2.75, 3.05) is 6.54 Å². The molecule has 4 rings (SSSR count). The fraction of sp³-hybridized carbons (Fsp3) is 0.500. The van der Waals surface area contributed by atoms with Crippen LogP contribution in [-0.4, -0.2) is 37.5 Å². The number of aromatic amines is 2. The van der Waals surface area contributed by atoms with Gasteiger partial charge in [0.05, 0.1) is 24.3 Å². The Kier molecular flexibility index (Phi) is 2.61. The molecule has 0 saturated carbocycles. The Hall–Kier alpha value is -2.11. The summed E-state index contributed by atoms with van der Waals surface area (Å²) in [5.41, 5.74) is 5.05. The van der Waals surface area contributed by atoms with Crippen molar-refractivity contribution in [2.24, 2.45) is 0 Å². The fourth-order valence-electron chi connectivity index (χ4n) is 3.19. The lowest BCUT2D eigenvalue weighted by atomic mass is 9.95. The Balaban J connectivity index is 1.61. The van der Waals surface area contributed by atoms with Gasteiger partial charge < -0.3 is 9.88 Å². The van der Waals surface area contributed by atoms with Gasteiger partial charge in [0.1, 0.15) is 0 Å². The molecule has 0 saturated heterocycles. The summed E-state index contributed by atoms with van der Waals surface area (Å²) < 4.78 is 0. The summed E-state index contributed by atoms with van der Waals surface area (Å²) in [6, 6.07) is 0. The molecule has 2 aromatic heterocycles. The van der Waals surface area contributed by atoms with Gasteiger partial charge in [0.15, 0.2) is 5.69 Å². The Morgan fingerprint density at radius 3 is 3.05 bits per heavy atom. The second kappa shape index (κ2) is 4.47. The number of aromatic nitrogens is 4. The number of amides is 1. The molecule has 20 heavy (non-hydrogen) atoms. The summed E-state index contributed by atoms with van der Waals surface area (Å²) >= 11 is 0. The van der Waals surface area contributed by atoms with Gasteiger partial charge >= 0.3 is 0 Å². The minimum atomic E-state index is 0.0460. The van der Waals surface area contributed by atoms with Gasteiger partial charge in [0.25, 0.3) is 5.91 Å². The van der Waals surface area contributed by atoms with E-state index in [4.69, 9.17) is 0 Å². The highest BCUT2D eigenvalue weighted by Crippen LogP contribution is 2.24. The van der Waals surface area contributed by atoms with E-state index in [1.54, 1.807) is 6.33 Å². The molecule has 0 fully saturated rings. The number of aryl methyl sites for hydroxylation is 1. The van der Waals surface area contributed by atoms with Crippen molar-refractivity contribution >= 4 is 5.91 Å². The van der Waals surface area contributed by atoms with E-state index in [1.807, 2.05) is 4.90 Å². The highest BCUT2D eigenvalue weighted by atomic mass is 16.2. The van der Waals surface area contributed by atoms with Crippen LogP contribution >= 0.6 is 0 Å². The van der Waals surface area contributed by atoms with E-state index in [0.29, 0.717) is 12.2 Å². The second-order valence-corrected chi connectivity index (χ2v) is 5.54. The number of nitrogens with zero attached hydrogens (tertiary/aromatic N) is 3. The zero-order valence-corrected chi connectivity index (χ0v) is 11.3. The molecule has 0 aromatic carbocycles. The highest BCUT2D eigenvalue weighted by molar-refractivity contribution is 5.94. The van der Waals surface area contributed by atoms with Crippen LogP contribution in [0.5, 0.6) is 0 Å². The molecule has 6 nitrogen and oxygen atoms in total. The predicted molar refractivity (Wildman–Crippen MR) is 72.3 cm³/mol. The number of fused-ring (bicyclic) bond motifs is 2. The number of nitrogens with one attached hydrogen (secondary N) is 2. The summed E-state index contributed by atoms with van der Waals surface area (Å²) in [5.74, 6) is 0.0460. The van der Waals surface area contributed by atoms with Gasteiger partial charge in [-0.1, -0.05) is 0 Å². The standard InChI is InChI=1S/C14H17N5O/c20-14(13-9-3-1-2-4-10(9)17-18-13)19-6-5-11-12(7-19)16-8-15-11/h8H,1-7H2,(H,15,16)(H,17,18). The van der Waals surface area contributed by atoms with E-state index in [0.717, 1.165) is 54.9 Å². The van der Waals surface area contributed by atoms with Crippen LogP contribution in [-0.2, 0) is 25.8 Å². The smallest absolute Gasteiger partial charge is 0.275 e. The molecular formula is C14H17N5O. The molecule has 6 heteroatoms. The molecule has 0 bridgehead atoms. The molecule has 3 heterocycles. The van der Waals surface area contributed by atoms with E-state index in [9.17, 15) is 4.79 Å². The maximum atomic E-state index is 12.7. The van der Waals surface area contributed by atoms with Crippen molar-refractivity contribution in [1.29, 1.82) is 0 Å². The van der Waals surface area contributed by atoms with Crippen molar-refractivity contribution in [3.63, 3.8) is 0 Å². The summed E-state index contributed by atoms with van der Waals surface area (Å²) in [6.07, 6.45) is 6.84. The van der Waals surface area contributed by atoms with E-state index >= 15 is 0 Å². The molecule has 0 radical (unpaired) electrons. The van der Waals surface area contributed by atoms with Crippen molar-refractivity contribution in [3.05, 3.63) is 34.7 Å². The molecule has 2 N–H and O–H groups in total. The van der Waals surface area contributed by atoms with Gasteiger partial charge in [-0.05, 0) is 25.7 Å². The Labute approximate surface area is 116 Å². The molecule has 1 amide bonds. The molecule has 104 valence electrons. The van der Waals surface area contributed by atoms with Crippen LogP contribution in [0.1, 0.15) is 46.0 Å². The van der Waals surface area contributed by atoms with Crippen LogP contribution in [0.15, 0.2) is 6.33 Å². The molecule has 0 spiro atoms. The molecular weight excluding hydrogens is 254 g/mol. The van der Waals surface area contributed by atoms with E-state index < -0.39 is 0 Å². The Morgan fingerprint density at radius 2 is 2.10 bits per heavy atom. The highest BCUT2D eigenvalue weighted by Gasteiger charge is 2.28. The second-order valence-electron chi connectivity index (χ2n) is 5.54. The molecule has 1 aliphatic carbocycles. The van der Waals surface area contributed by atoms with Gasteiger partial charge in [-0.25, -0.2) is 4.98 Å². The maximum Gasteiger partial charge on any atom is 0.275 e. The molecule has 1 aliphatic heterocycles. The van der Waals surface area contributed by atoms with Gasteiger partial charge in [-0.15, -0.1) is 0 Å².